The van der Waals surface area contributed by atoms with Gasteiger partial charge in [0, 0.05) is 37.2 Å². The Hall–Kier alpha value is -1.03. The second-order valence-electron chi connectivity index (χ2n) is 5.07. The number of amidine groups is 1. The van der Waals surface area contributed by atoms with E-state index in [1.165, 1.54) is 0 Å². The van der Waals surface area contributed by atoms with Crippen molar-refractivity contribution in [1.29, 1.82) is 0 Å². The Morgan fingerprint density at radius 1 is 1.41 bits per heavy atom. The van der Waals surface area contributed by atoms with Gasteiger partial charge in [0.2, 0.25) is 0 Å². The number of hydrogen-bond acceptors (Lipinski definition) is 4. The minimum absolute atomic E-state index is 0.344. The van der Waals surface area contributed by atoms with Gasteiger partial charge >= 0.3 is 0 Å². The topological polar surface area (TPSA) is 37.3 Å². The van der Waals surface area contributed by atoms with E-state index in [9.17, 15) is 0 Å². The molecule has 1 aliphatic rings. The minimum Gasteiger partial charge on any atom is -0.365 e. The van der Waals surface area contributed by atoms with Crippen molar-refractivity contribution in [2.24, 2.45) is 10.4 Å². The summed E-state index contributed by atoms with van der Waals surface area (Å²) in [6, 6.07) is 6.03. The van der Waals surface area contributed by atoms with E-state index in [0.717, 1.165) is 36.1 Å². The number of thioether (sulfide) groups is 1. The first-order valence-electron chi connectivity index (χ1n) is 5.97. The van der Waals surface area contributed by atoms with Gasteiger partial charge in [-0.1, -0.05) is 31.7 Å². The number of hydrogen-bond donors (Lipinski definition) is 1. The van der Waals surface area contributed by atoms with Crippen LogP contribution in [0.4, 0.5) is 0 Å². The predicted molar refractivity (Wildman–Crippen MR) is 74.5 cm³/mol. The van der Waals surface area contributed by atoms with Crippen molar-refractivity contribution >= 4 is 16.9 Å². The Bertz CT molecular complexity index is 387. The van der Waals surface area contributed by atoms with E-state index in [4.69, 9.17) is 0 Å². The quantitative estimate of drug-likeness (QED) is 0.893. The van der Waals surface area contributed by atoms with Gasteiger partial charge in [-0.3, -0.25) is 9.98 Å². The molecule has 4 heteroatoms. The molecule has 0 aromatic carbocycles. The summed E-state index contributed by atoms with van der Waals surface area (Å²) in [6.45, 7) is 6.34. The lowest BCUT2D eigenvalue weighted by molar-refractivity contribution is 0.437. The fraction of sp³-hybridized carbons (Fsp3) is 0.538. The van der Waals surface area contributed by atoms with Crippen LogP contribution < -0.4 is 5.32 Å². The molecule has 0 atom stereocenters. The standard InChI is InChI=1S/C13H19N3S/c1-13(2)9-16-12(17-10-13)15-8-6-11-5-3-4-7-14-11/h3-5,7H,6,8-10H2,1-2H3,(H,15,16). The summed E-state index contributed by atoms with van der Waals surface area (Å²) in [7, 11) is 0. The van der Waals surface area contributed by atoms with Crippen molar-refractivity contribution in [3.8, 4) is 0 Å². The first-order valence-corrected chi connectivity index (χ1v) is 6.95. The maximum absolute atomic E-state index is 4.56. The van der Waals surface area contributed by atoms with E-state index in [0.29, 0.717) is 5.41 Å². The SMILES string of the molecule is CC1(C)CN=C(NCCc2ccccn2)SC1. The Kier molecular flexibility index (Phi) is 4.05. The highest BCUT2D eigenvalue weighted by atomic mass is 32.2. The molecule has 0 saturated carbocycles. The third-order valence-electron chi connectivity index (χ3n) is 2.63. The average Bonchev–Trinajstić information content (AvgIpc) is 2.33. The number of nitrogens with one attached hydrogen (secondary N) is 1. The molecular formula is C13H19N3S. The first kappa shape index (κ1) is 12.4. The lowest BCUT2D eigenvalue weighted by atomic mass is 9.97. The average molecular weight is 249 g/mol. The smallest absolute Gasteiger partial charge is 0.156 e. The normalized spacial score (nSPS) is 18.6. The number of nitrogens with zero attached hydrogens (tertiary/aromatic N) is 2. The summed E-state index contributed by atoms with van der Waals surface area (Å²) in [5.74, 6) is 1.14. The monoisotopic (exact) mass is 249 g/mol. The molecule has 1 aromatic rings. The van der Waals surface area contributed by atoms with Gasteiger partial charge in [0.1, 0.15) is 0 Å². The van der Waals surface area contributed by atoms with Crippen LogP contribution in [0.5, 0.6) is 0 Å². The highest BCUT2D eigenvalue weighted by Gasteiger charge is 2.22. The minimum atomic E-state index is 0.344. The van der Waals surface area contributed by atoms with Gasteiger partial charge < -0.3 is 5.32 Å². The highest BCUT2D eigenvalue weighted by molar-refractivity contribution is 8.13. The molecule has 0 saturated heterocycles. The maximum Gasteiger partial charge on any atom is 0.156 e. The van der Waals surface area contributed by atoms with Crippen molar-refractivity contribution in [3.63, 3.8) is 0 Å². The molecule has 3 nitrogen and oxygen atoms in total. The zero-order valence-electron chi connectivity index (χ0n) is 10.4. The van der Waals surface area contributed by atoms with Crippen molar-refractivity contribution < 1.29 is 0 Å². The van der Waals surface area contributed by atoms with Crippen LogP contribution in [0.2, 0.25) is 0 Å². The largest absolute Gasteiger partial charge is 0.365 e. The van der Waals surface area contributed by atoms with E-state index in [1.807, 2.05) is 30.1 Å². The molecule has 0 radical (unpaired) electrons. The molecule has 2 heterocycles. The summed E-state index contributed by atoms with van der Waals surface area (Å²) in [5, 5.41) is 4.46. The third kappa shape index (κ3) is 4.04. The number of aliphatic imine (C=N–C) groups is 1. The zero-order valence-corrected chi connectivity index (χ0v) is 11.3. The second-order valence-corrected chi connectivity index (χ2v) is 6.04. The van der Waals surface area contributed by atoms with Crippen LogP contribution in [0.15, 0.2) is 29.4 Å². The van der Waals surface area contributed by atoms with Gasteiger partial charge in [0.15, 0.2) is 5.17 Å². The molecule has 0 fully saturated rings. The van der Waals surface area contributed by atoms with Gasteiger partial charge in [-0.25, -0.2) is 0 Å². The van der Waals surface area contributed by atoms with E-state index in [-0.39, 0.29) is 0 Å². The van der Waals surface area contributed by atoms with Crippen molar-refractivity contribution in [3.05, 3.63) is 30.1 Å². The van der Waals surface area contributed by atoms with Gasteiger partial charge in [0.25, 0.3) is 0 Å². The lowest BCUT2D eigenvalue weighted by Gasteiger charge is -2.27. The number of rotatable bonds is 3. The fourth-order valence-corrected chi connectivity index (χ4v) is 2.57. The molecule has 2 rings (SSSR count). The van der Waals surface area contributed by atoms with Crippen LogP contribution in [0.3, 0.4) is 0 Å². The van der Waals surface area contributed by atoms with Crippen molar-refractivity contribution in [2.75, 3.05) is 18.8 Å². The molecule has 1 aliphatic heterocycles. The van der Waals surface area contributed by atoms with E-state index in [1.54, 1.807) is 0 Å². The third-order valence-corrected chi connectivity index (χ3v) is 4.11. The Morgan fingerprint density at radius 3 is 2.94 bits per heavy atom. The van der Waals surface area contributed by atoms with E-state index in [2.05, 4.69) is 35.2 Å². The van der Waals surface area contributed by atoms with Crippen LogP contribution in [0.1, 0.15) is 19.5 Å². The summed E-state index contributed by atoms with van der Waals surface area (Å²) < 4.78 is 0. The van der Waals surface area contributed by atoms with Crippen molar-refractivity contribution in [1.82, 2.24) is 10.3 Å². The van der Waals surface area contributed by atoms with Crippen LogP contribution >= 0.6 is 11.8 Å². The second kappa shape index (κ2) is 5.54. The summed E-state index contributed by atoms with van der Waals surface area (Å²) in [6.07, 6.45) is 2.79. The van der Waals surface area contributed by atoms with Crippen LogP contribution in [0.25, 0.3) is 0 Å². The maximum atomic E-state index is 4.56. The van der Waals surface area contributed by atoms with Gasteiger partial charge in [-0.2, -0.15) is 0 Å². The molecule has 17 heavy (non-hydrogen) atoms. The molecule has 92 valence electrons. The Labute approximate surface area is 107 Å². The zero-order chi connectivity index (χ0) is 12.1. The van der Waals surface area contributed by atoms with Gasteiger partial charge in [-0.05, 0) is 17.5 Å². The van der Waals surface area contributed by atoms with Gasteiger partial charge in [-0.15, -0.1) is 0 Å². The fourth-order valence-electron chi connectivity index (χ4n) is 1.59. The molecular weight excluding hydrogens is 230 g/mol. The summed E-state index contributed by atoms with van der Waals surface area (Å²) in [4.78, 5) is 8.86. The molecule has 1 N–H and O–H groups in total. The molecule has 1 aromatic heterocycles. The number of pyridine rings is 1. The molecule has 0 aliphatic carbocycles. The van der Waals surface area contributed by atoms with E-state index < -0.39 is 0 Å². The summed E-state index contributed by atoms with van der Waals surface area (Å²) >= 11 is 1.82. The molecule has 0 bridgehead atoms. The predicted octanol–water partition coefficient (Wildman–Crippen LogP) is 2.34. The Morgan fingerprint density at radius 2 is 2.29 bits per heavy atom. The van der Waals surface area contributed by atoms with Crippen molar-refractivity contribution in [2.45, 2.75) is 20.3 Å². The first-order chi connectivity index (χ1) is 8.16. The van der Waals surface area contributed by atoms with Crippen LogP contribution in [-0.2, 0) is 6.42 Å². The number of aromatic nitrogens is 1. The molecule has 0 unspecified atom stereocenters. The highest BCUT2D eigenvalue weighted by Crippen LogP contribution is 2.26. The Balaban J connectivity index is 1.75. The van der Waals surface area contributed by atoms with E-state index >= 15 is 0 Å². The van der Waals surface area contributed by atoms with Gasteiger partial charge in [0.05, 0.1) is 0 Å². The van der Waals surface area contributed by atoms with Crippen LogP contribution in [0, 0.1) is 5.41 Å². The van der Waals surface area contributed by atoms with Crippen LogP contribution in [-0.4, -0.2) is 29.0 Å². The molecule has 0 spiro atoms. The lowest BCUT2D eigenvalue weighted by Crippen LogP contribution is -2.32. The molecule has 0 amide bonds. The summed E-state index contributed by atoms with van der Waals surface area (Å²) in [5.41, 5.74) is 1.47.